The minimum atomic E-state index is -0.129. The lowest BCUT2D eigenvalue weighted by atomic mass is 9.91. The van der Waals surface area contributed by atoms with Gasteiger partial charge in [0.1, 0.15) is 10.3 Å². The summed E-state index contributed by atoms with van der Waals surface area (Å²) in [6.45, 7) is 3.71. The highest BCUT2D eigenvalue weighted by Crippen LogP contribution is 2.37. The molecule has 128 valence electrons. The van der Waals surface area contributed by atoms with Crippen molar-refractivity contribution in [3.05, 3.63) is 32.8 Å². The van der Waals surface area contributed by atoms with Crippen LogP contribution in [-0.2, 0) is 0 Å². The first-order valence-electron chi connectivity index (χ1n) is 7.60. The van der Waals surface area contributed by atoms with Gasteiger partial charge >= 0.3 is 0 Å². The van der Waals surface area contributed by atoms with E-state index in [1.807, 2.05) is 6.07 Å². The van der Waals surface area contributed by atoms with Gasteiger partial charge in [-0.2, -0.15) is 0 Å². The Morgan fingerprint density at radius 1 is 1.21 bits per heavy atom. The van der Waals surface area contributed by atoms with Gasteiger partial charge in [0.15, 0.2) is 11.6 Å². The SMILES string of the molecule is CC1(N)CCN(c2nc(N)c(-c3cccc(Cl)c3Cl)nc2Br)CC1. The maximum absolute atomic E-state index is 6.28. The Morgan fingerprint density at radius 2 is 1.88 bits per heavy atom. The Hall–Kier alpha value is -1.08. The van der Waals surface area contributed by atoms with Crippen molar-refractivity contribution in [3.8, 4) is 11.3 Å². The number of anilines is 2. The second-order valence-electron chi connectivity index (χ2n) is 6.31. The lowest BCUT2D eigenvalue weighted by molar-refractivity contribution is 0.363. The summed E-state index contributed by atoms with van der Waals surface area (Å²) in [6, 6.07) is 5.35. The molecule has 0 amide bonds. The largest absolute Gasteiger partial charge is 0.382 e. The lowest BCUT2D eigenvalue weighted by Crippen LogP contribution is -2.48. The number of piperidine rings is 1. The summed E-state index contributed by atoms with van der Waals surface area (Å²) in [5.74, 6) is 1.04. The third-order valence-electron chi connectivity index (χ3n) is 4.28. The average Bonchev–Trinajstić information content (AvgIpc) is 2.52. The summed E-state index contributed by atoms with van der Waals surface area (Å²) >= 11 is 15.9. The van der Waals surface area contributed by atoms with E-state index in [2.05, 4.69) is 37.7 Å². The van der Waals surface area contributed by atoms with Gasteiger partial charge in [0.2, 0.25) is 0 Å². The fourth-order valence-electron chi connectivity index (χ4n) is 2.73. The van der Waals surface area contributed by atoms with Gasteiger partial charge in [0.25, 0.3) is 0 Å². The maximum Gasteiger partial charge on any atom is 0.164 e. The molecule has 2 aromatic rings. The highest BCUT2D eigenvalue weighted by molar-refractivity contribution is 9.10. The minimum absolute atomic E-state index is 0.129. The van der Waals surface area contributed by atoms with Crippen LogP contribution in [0.25, 0.3) is 11.3 Å². The van der Waals surface area contributed by atoms with Gasteiger partial charge < -0.3 is 16.4 Å². The third-order valence-corrected chi connectivity index (χ3v) is 5.63. The molecule has 24 heavy (non-hydrogen) atoms. The molecule has 2 heterocycles. The Balaban J connectivity index is 1.96. The van der Waals surface area contributed by atoms with Gasteiger partial charge in [-0.05, 0) is 41.8 Å². The summed E-state index contributed by atoms with van der Waals surface area (Å²) in [7, 11) is 0. The average molecular weight is 431 g/mol. The Labute approximate surface area is 159 Å². The summed E-state index contributed by atoms with van der Waals surface area (Å²) in [5.41, 5.74) is 13.4. The van der Waals surface area contributed by atoms with Gasteiger partial charge in [0.05, 0.1) is 10.0 Å². The topological polar surface area (TPSA) is 81.1 Å². The molecular formula is C16H18BrCl2N5. The summed E-state index contributed by atoms with van der Waals surface area (Å²) < 4.78 is 0.628. The molecule has 1 fully saturated rings. The standard InChI is InChI=1S/C16H18BrCl2N5/c1-16(21)5-7-24(8-6-16)15-13(17)22-12(14(20)23-15)9-3-2-4-10(18)11(9)19/h2-4H,5-8,21H2,1H3,(H2,20,23). The lowest BCUT2D eigenvalue weighted by Gasteiger charge is -2.37. The molecule has 1 aromatic heterocycles. The normalized spacial score (nSPS) is 17.1. The van der Waals surface area contributed by atoms with Gasteiger partial charge in [0, 0.05) is 24.2 Å². The Morgan fingerprint density at radius 3 is 2.54 bits per heavy atom. The molecule has 0 aliphatic carbocycles. The second kappa shape index (κ2) is 6.67. The quantitative estimate of drug-likeness (QED) is 0.748. The van der Waals surface area contributed by atoms with Crippen LogP contribution in [0.5, 0.6) is 0 Å². The molecule has 4 N–H and O–H groups in total. The van der Waals surface area contributed by atoms with Crippen LogP contribution in [0.2, 0.25) is 10.0 Å². The molecule has 1 aliphatic heterocycles. The fourth-order valence-corrected chi connectivity index (χ4v) is 3.64. The van der Waals surface area contributed by atoms with E-state index in [9.17, 15) is 0 Å². The predicted octanol–water partition coefficient (Wildman–Crippen LogP) is 4.11. The number of benzene rings is 1. The van der Waals surface area contributed by atoms with E-state index in [1.54, 1.807) is 12.1 Å². The predicted molar refractivity (Wildman–Crippen MR) is 104 cm³/mol. The number of nitrogens with zero attached hydrogens (tertiary/aromatic N) is 3. The number of halogens is 3. The molecule has 1 aromatic carbocycles. The van der Waals surface area contributed by atoms with Crippen molar-refractivity contribution in [2.24, 2.45) is 5.73 Å². The number of hydrogen-bond acceptors (Lipinski definition) is 5. The van der Waals surface area contributed by atoms with E-state index >= 15 is 0 Å². The molecule has 0 unspecified atom stereocenters. The summed E-state index contributed by atoms with van der Waals surface area (Å²) in [5, 5.41) is 0.866. The summed E-state index contributed by atoms with van der Waals surface area (Å²) in [6.07, 6.45) is 1.78. The van der Waals surface area contributed by atoms with Crippen LogP contribution in [0.15, 0.2) is 22.8 Å². The van der Waals surface area contributed by atoms with Crippen molar-refractivity contribution in [3.63, 3.8) is 0 Å². The van der Waals surface area contributed by atoms with Crippen LogP contribution in [-0.4, -0.2) is 28.6 Å². The van der Waals surface area contributed by atoms with Gasteiger partial charge in [-0.15, -0.1) is 0 Å². The maximum atomic E-state index is 6.28. The van der Waals surface area contributed by atoms with E-state index in [4.69, 9.17) is 34.7 Å². The zero-order valence-electron chi connectivity index (χ0n) is 13.2. The van der Waals surface area contributed by atoms with Crippen LogP contribution in [0.3, 0.4) is 0 Å². The number of rotatable bonds is 2. The number of hydrogen-bond donors (Lipinski definition) is 2. The van der Waals surface area contributed by atoms with E-state index in [1.165, 1.54) is 0 Å². The Kier molecular flexibility index (Phi) is 4.93. The first-order chi connectivity index (χ1) is 11.3. The van der Waals surface area contributed by atoms with Crippen LogP contribution >= 0.6 is 39.1 Å². The van der Waals surface area contributed by atoms with Crippen LogP contribution in [0.4, 0.5) is 11.6 Å². The van der Waals surface area contributed by atoms with E-state index in [0.717, 1.165) is 31.7 Å². The van der Waals surface area contributed by atoms with Crippen molar-refractivity contribution in [2.75, 3.05) is 23.7 Å². The monoisotopic (exact) mass is 429 g/mol. The Bertz CT molecular complexity index is 771. The number of aromatic nitrogens is 2. The zero-order chi connectivity index (χ0) is 17.5. The van der Waals surface area contributed by atoms with E-state index in [-0.39, 0.29) is 5.54 Å². The molecule has 0 spiro atoms. The molecular weight excluding hydrogens is 413 g/mol. The number of nitrogen functional groups attached to an aromatic ring is 1. The van der Waals surface area contributed by atoms with Crippen molar-refractivity contribution < 1.29 is 0 Å². The molecule has 1 saturated heterocycles. The molecule has 0 radical (unpaired) electrons. The van der Waals surface area contributed by atoms with Gasteiger partial charge in [-0.25, -0.2) is 9.97 Å². The van der Waals surface area contributed by atoms with E-state index in [0.29, 0.717) is 31.7 Å². The van der Waals surface area contributed by atoms with Crippen molar-refractivity contribution in [1.82, 2.24) is 9.97 Å². The molecule has 0 bridgehead atoms. The highest BCUT2D eigenvalue weighted by Gasteiger charge is 2.28. The van der Waals surface area contributed by atoms with Crippen molar-refractivity contribution in [1.29, 1.82) is 0 Å². The first kappa shape index (κ1) is 17.7. The first-order valence-corrected chi connectivity index (χ1v) is 9.14. The smallest absolute Gasteiger partial charge is 0.164 e. The fraction of sp³-hybridized carbons (Fsp3) is 0.375. The van der Waals surface area contributed by atoms with Crippen LogP contribution in [0, 0.1) is 0 Å². The molecule has 0 saturated carbocycles. The minimum Gasteiger partial charge on any atom is -0.382 e. The molecule has 1 aliphatic rings. The molecule has 8 heteroatoms. The van der Waals surface area contributed by atoms with Crippen LogP contribution in [0.1, 0.15) is 19.8 Å². The molecule has 3 rings (SSSR count). The van der Waals surface area contributed by atoms with Crippen molar-refractivity contribution in [2.45, 2.75) is 25.3 Å². The second-order valence-corrected chi connectivity index (χ2v) is 7.85. The van der Waals surface area contributed by atoms with Crippen molar-refractivity contribution >= 4 is 50.8 Å². The molecule has 5 nitrogen and oxygen atoms in total. The zero-order valence-corrected chi connectivity index (χ0v) is 16.3. The summed E-state index contributed by atoms with van der Waals surface area (Å²) in [4.78, 5) is 11.3. The van der Waals surface area contributed by atoms with Crippen LogP contribution < -0.4 is 16.4 Å². The highest BCUT2D eigenvalue weighted by atomic mass is 79.9. The van der Waals surface area contributed by atoms with Gasteiger partial charge in [-0.1, -0.05) is 35.3 Å². The van der Waals surface area contributed by atoms with Gasteiger partial charge in [-0.3, -0.25) is 0 Å². The van der Waals surface area contributed by atoms with E-state index < -0.39 is 0 Å². The number of nitrogens with two attached hydrogens (primary N) is 2. The molecule has 0 atom stereocenters. The third kappa shape index (κ3) is 3.47.